The molecule has 1 amide bonds. The molecule has 1 aromatic rings. The van der Waals surface area contributed by atoms with Gasteiger partial charge in [-0.2, -0.15) is 4.99 Å². The summed E-state index contributed by atoms with van der Waals surface area (Å²) in [6, 6.07) is 6.16. The van der Waals surface area contributed by atoms with E-state index in [-0.39, 0.29) is 15.8 Å². The van der Waals surface area contributed by atoms with Crippen molar-refractivity contribution < 1.29 is 9.72 Å². The first-order chi connectivity index (χ1) is 8.08. The number of nitrogens with two attached hydrogens (primary N) is 1. The van der Waals surface area contributed by atoms with Crippen molar-refractivity contribution in [2.75, 3.05) is 0 Å². The van der Waals surface area contributed by atoms with Crippen molar-refractivity contribution in [3.8, 4) is 0 Å². The Hall–Kier alpha value is -2.15. The van der Waals surface area contributed by atoms with Crippen LogP contribution in [0.15, 0.2) is 34.2 Å². The van der Waals surface area contributed by atoms with E-state index in [0.717, 1.165) is 11.8 Å². The van der Waals surface area contributed by atoms with E-state index in [9.17, 15) is 14.9 Å². The summed E-state index contributed by atoms with van der Waals surface area (Å²) in [7, 11) is 0. The maximum absolute atomic E-state index is 11.3. The second kappa shape index (κ2) is 4.38. The molecule has 7 heteroatoms. The predicted molar refractivity (Wildman–Crippen MR) is 65.3 cm³/mol. The molecular weight excluding hydrogens is 242 g/mol. The molecule has 0 spiro atoms. The number of thioether (sulfide) groups is 1. The Morgan fingerprint density at radius 2 is 2.12 bits per heavy atom. The molecule has 2 N–H and O–H groups in total. The van der Waals surface area contributed by atoms with Gasteiger partial charge in [-0.1, -0.05) is 12.1 Å². The van der Waals surface area contributed by atoms with Crippen molar-refractivity contribution in [3.05, 3.63) is 44.8 Å². The minimum atomic E-state index is -0.499. The highest BCUT2D eigenvalue weighted by Gasteiger charge is 2.21. The zero-order valence-corrected chi connectivity index (χ0v) is 9.31. The highest BCUT2D eigenvalue weighted by molar-refractivity contribution is 8.18. The van der Waals surface area contributed by atoms with Crippen LogP contribution in [0.4, 0.5) is 5.69 Å². The maximum atomic E-state index is 11.3. The fourth-order valence-electron chi connectivity index (χ4n) is 1.34. The SMILES string of the molecule is NC1=NC(=O)C(=Cc2ccccc2[N+](=O)[O-])S1. The number of nitrogens with zero attached hydrogens (tertiary/aromatic N) is 2. The number of carbonyl (C=O) groups is 1. The molecule has 17 heavy (non-hydrogen) atoms. The van der Waals surface area contributed by atoms with Crippen LogP contribution in [0.3, 0.4) is 0 Å². The van der Waals surface area contributed by atoms with Gasteiger partial charge in [-0.05, 0) is 23.9 Å². The van der Waals surface area contributed by atoms with Crippen LogP contribution >= 0.6 is 11.8 Å². The molecule has 2 rings (SSSR count). The quantitative estimate of drug-likeness (QED) is 0.486. The van der Waals surface area contributed by atoms with E-state index in [0.29, 0.717) is 5.56 Å². The van der Waals surface area contributed by atoms with E-state index in [1.54, 1.807) is 18.2 Å². The first-order valence-electron chi connectivity index (χ1n) is 4.59. The Kier molecular flexibility index (Phi) is 2.92. The monoisotopic (exact) mass is 249 g/mol. The third kappa shape index (κ3) is 2.34. The summed E-state index contributed by atoms with van der Waals surface area (Å²) in [6.45, 7) is 0. The molecule has 0 saturated carbocycles. The van der Waals surface area contributed by atoms with Crippen molar-refractivity contribution >= 4 is 34.6 Å². The summed E-state index contributed by atoms with van der Waals surface area (Å²) in [5.41, 5.74) is 5.69. The lowest BCUT2D eigenvalue weighted by atomic mass is 10.1. The van der Waals surface area contributed by atoms with Gasteiger partial charge in [-0.3, -0.25) is 14.9 Å². The fraction of sp³-hybridized carbons (Fsp3) is 0. The maximum Gasteiger partial charge on any atom is 0.286 e. The van der Waals surface area contributed by atoms with E-state index in [1.807, 2.05) is 0 Å². The van der Waals surface area contributed by atoms with Gasteiger partial charge in [0.2, 0.25) is 0 Å². The van der Waals surface area contributed by atoms with Crippen LogP contribution in [0.25, 0.3) is 6.08 Å². The summed E-state index contributed by atoms with van der Waals surface area (Å²) >= 11 is 1.01. The minimum absolute atomic E-state index is 0.0566. The predicted octanol–water partition coefficient (Wildman–Crippen LogP) is 1.52. The molecule has 0 saturated heterocycles. The van der Waals surface area contributed by atoms with E-state index in [1.165, 1.54) is 12.1 Å². The molecule has 0 fully saturated rings. The van der Waals surface area contributed by atoms with E-state index in [2.05, 4.69) is 4.99 Å². The van der Waals surface area contributed by atoms with Gasteiger partial charge in [-0.25, -0.2) is 0 Å². The van der Waals surface area contributed by atoms with Crippen LogP contribution in [0, 0.1) is 10.1 Å². The largest absolute Gasteiger partial charge is 0.378 e. The average Bonchev–Trinajstić information content (AvgIpc) is 2.58. The summed E-state index contributed by atoms with van der Waals surface area (Å²) in [6.07, 6.45) is 1.43. The Morgan fingerprint density at radius 3 is 2.71 bits per heavy atom. The number of amidine groups is 1. The molecule has 1 heterocycles. The smallest absolute Gasteiger partial charge is 0.286 e. The van der Waals surface area contributed by atoms with Crippen LogP contribution in [-0.2, 0) is 4.79 Å². The van der Waals surface area contributed by atoms with Gasteiger partial charge in [0.15, 0.2) is 5.17 Å². The van der Waals surface area contributed by atoms with Crippen LogP contribution < -0.4 is 5.73 Å². The van der Waals surface area contributed by atoms with Gasteiger partial charge in [0.1, 0.15) is 0 Å². The molecule has 1 aromatic carbocycles. The van der Waals surface area contributed by atoms with Gasteiger partial charge in [-0.15, -0.1) is 0 Å². The number of carbonyl (C=O) groups excluding carboxylic acids is 1. The molecule has 0 bridgehead atoms. The second-order valence-corrected chi connectivity index (χ2v) is 4.24. The van der Waals surface area contributed by atoms with E-state index >= 15 is 0 Å². The van der Waals surface area contributed by atoms with E-state index < -0.39 is 10.8 Å². The second-order valence-electron chi connectivity index (χ2n) is 3.18. The number of nitro groups is 1. The molecule has 0 atom stereocenters. The van der Waals surface area contributed by atoms with Crippen LogP contribution in [-0.4, -0.2) is 16.0 Å². The van der Waals surface area contributed by atoms with Crippen molar-refractivity contribution in [1.82, 2.24) is 0 Å². The molecule has 1 aliphatic rings. The fourth-order valence-corrected chi connectivity index (χ4v) is 2.02. The Morgan fingerprint density at radius 1 is 1.41 bits per heavy atom. The Labute approximate surface area is 100 Å². The topological polar surface area (TPSA) is 98.6 Å². The van der Waals surface area contributed by atoms with Crippen molar-refractivity contribution in [3.63, 3.8) is 0 Å². The van der Waals surface area contributed by atoms with Gasteiger partial charge in [0.25, 0.3) is 11.6 Å². The first kappa shape index (κ1) is 11.3. The summed E-state index contributed by atoms with van der Waals surface area (Å²) in [5.74, 6) is -0.467. The molecule has 86 valence electrons. The zero-order chi connectivity index (χ0) is 12.4. The number of amides is 1. The normalized spacial score (nSPS) is 17.3. The summed E-state index contributed by atoms with van der Waals surface area (Å²) in [5, 5.41) is 10.9. The van der Waals surface area contributed by atoms with Gasteiger partial charge in [0, 0.05) is 6.07 Å². The van der Waals surface area contributed by atoms with Crippen LogP contribution in [0.2, 0.25) is 0 Å². The number of aliphatic imine (C=N–C) groups is 1. The van der Waals surface area contributed by atoms with Crippen LogP contribution in [0.1, 0.15) is 5.56 Å². The number of hydrogen-bond donors (Lipinski definition) is 1. The third-order valence-corrected chi connectivity index (χ3v) is 2.87. The molecule has 6 nitrogen and oxygen atoms in total. The number of para-hydroxylation sites is 1. The van der Waals surface area contributed by atoms with Gasteiger partial charge < -0.3 is 5.73 Å². The molecular formula is C10H7N3O3S. The summed E-state index contributed by atoms with van der Waals surface area (Å²) < 4.78 is 0. The van der Waals surface area contributed by atoms with Crippen molar-refractivity contribution in [2.24, 2.45) is 10.7 Å². The number of hydrogen-bond acceptors (Lipinski definition) is 5. The standard InChI is InChI=1S/C10H7N3O3S/c11-10-12-9(14)8(17-10)5-6-3-1-2-4-7(6)13(15)16/h1-5H,(H2,11,12,14). The lowest BCUT2D eigenvalue weighted by Crippen LogP contribution is -2.01. The highest BCUT2D eigenvalue weighted by atomic mass is 32.2. The summed E-state index contributed by atoms with van der Waals surface area (Å²) in [4.78, 5) is 25.4. The molecule has 0 radical (unpaired) electrons. The average molecular weight is 249 g/mol. The number of benzene rings is 1. The van der Waals surface area contributed by atoms with E-state index in [4.69, 9.17) is 5.73 Å². The Balaban J connectivity index is 2.40. The first-order valence-corrected chi connectivity index (χ1v) is 5.41. The number of nitro benzene ring substituents is 1. The third-order valence-electron chi connectivity index (χ3n) is 2.06. The van der Waals surface area contributed by atoms with Crippen LogP contribution in [0.5, 0.6) is 0 Å². The lowest BCUT2D eigenvalue weighted by Gasteiger charge is -1.97. The zero-order valence-electron chi connectivity index (χ0n) is 8.49. The van der Waals surface area contributed by atoms with Crippen molar-refractivity contribution in [1.29, 1.82) is 0 Å². The lowest BCUT2D eigenvalue weighted by molar-refractivity contribution is -0.385. The minimum Gasteiger partial charge on any atom is -0.378 e. The number of rotatable bonds is 2. The van der Waals surface area contributed by atoms with Gasteiger partial charge >= 0.3 is 0 Å². The highest BCUT2D eigenvalue weighted by Crippen LogP contribution is 2.29. The van der Waals surface area contributed by atoms with Gasteiger partial charge in [0.05, 0.1) is 15.4 Å². The molecule has 1 aliphatic heterocycles. The Bertz CT molecular complexity index is 566. The molecule has 0 aromatic heterocycles. The molecule has 0 aliphatic carbocycles. The molecule has 0 unspecified atom stereocenters. The van der Waals surface area contributed by atoms with Crippen molar-refractivity contribution in [2.45, 2.75) is 0 Å².